The van der Waals surface area contributed by atoms with E-state index < -0.39 is 0 Å². The number of nitrogens with zero attached hydrogens (tertiary/aromatic N) is 3. The molecule has 0 unspecified atom stereocenters. The topological polar surface area (TPSA) is 29.0 Å². The minimum Gasteiger partial charge on any atom is -0.354 e. The molecule has 0 aliphatic heterocycles. The molecule has 4 heteroatoms. The number of pyridine rings is 2. The Kier molecular flexibility index (Phi) is 3.74. The van der Waals surface area contributed by atoms with Gasteiger partial charge in [0.1, 0.15) is 5.82 Å². The van der Waals surface area contributed by atoms with Crippen molar-refractivity contribution in [1.82, 2.24) is 9.97 Å². The van der Waals surface area contributed by atoms with Crippen LogP contribution in [-0.2, 0) is 6.54 Å². The summed E-state index contributed by atoms with van der Waals surface area (Å²) in [6, 6.07) is 8.00. The number of halogens is 1. The maximum Gasteiger partial charge on any atom is 0.128 e. The Morgan fingerprint density at radius 3 is 2.76 bits per heavy atom. The van der Waals surface area contributed by atoms with E-state index in [1.165, 1.54) is 5.56 Å². The Labute approximate surface area is 110 Å². The van der Waals surface area contributed by atoms with E-state index in [-0.39, 0.29) is 0 Å². The number of rotatable bonds is 3. The highest BCUT2D eigenvalue weighted by Gasteiger charge is 2.05. The van der Waals surface area contributed by atoms with E-state index in [4.69, 9.17) is 0 Å². The zero-order valence-corrected chi connectivity index (χ0v) is 11.5. The second-order valence-electron chi connectivity index (χ2n) is 3.97. The zero-order valence-electron chi connectivity index (χ0n) is 9.89. The lowest BCUT2D eigenvalue weighted by molar-refractivity contribution is 0.864. The third kappa shape index (κ3) is 3.03. The van der Waals surface area contributed by atoms with E-state index in [1.54, 1.807) is 0 Å². The lowest BCUT2D eigenvalue weighted by atomic mass is 10.3. The predicted molar refractivity (Wildman–Crippen MR) is 73.0 cm³/mol. The van der Waals surface area contributed by atoms with Gasteiger partial charge in [0.2, 0.25) is 0 Å². The van der Waals surface area contributed by atoms with Gasteiger partial charge >= 0.3 is 0 Å². The van der Waals surface area contributed by atoms with E-state index in [2.05, 4.69) is 43.8 Å². The molecule has 0 bridgehead atoms. The average molecular weight is 292 g/mol. The first-order valence-electron chi connectivity index (χ1n) is 5.40. The second-order valence-corrected chi connectivity index (χ2v) is 4.82. The smallest absolute Gasteiger partial charge is 0.128 e. The average Bonchev–Trinajstić information content (AvgIpc) is 2.34. The standard InChI is InChI=1S/C13H14BrN3/c1-10-7-13(16-8-12(10)14)17(2)9-11-5-3-4-6-15-11/h3-8H,9H2,1-2H3. The number of aryl methyl sites for hydroxylation is 1. The van der Waals surface area contributed by atoms with Crippen molar-refractivity contribution in [2.24, 2.45) is 0 Å². The van der Waals surface area contributed by atoms with Crippen molar-refractivity contribution >= 4 is 21.7 Å². The van der Waals surface area contributed by atoms with Gasteiger partial charge in [0.05, 0.1) is 12.2 Å². The molecule has 2 aromatic rings. The third-order valence-electron chi connectivity index (χ3n) is 2.55. The van der Waals surface area contributed by atoms with Gasteiger partial charge < -0.3 is 4.90 Å². The van der Waals surface area contributed by atoms with Crippen LogP contribution in [0.5, 0.6) is 0 Å². The van der Waals surface area contributed by atoms with Gasteiger partial charge in [-0.2, -0.15) is 0 Å². The molecule has 2 rings (SSSR count). The van der Waals surface area contributed by atoms with Crippen molar-refractivity contribution < 1.29 is 0 Å². The van der Waals surface area contributed by atoms with E-state index in [9.17, 15) is 0 Å². The molecule has 0 aliphatic carbocycles. The van der Waals surface area contributed by atoms with Crippen LogP contribution >= 0.6 is 15.9 Å². The Morgan fingerprint density at radius 2 is 2.12 bits per heavy atom. The molecule has 2 heterocycles. The monoisotopic (exact) mass is 291 g/mol. The highest BCUT2D eigenvalue weighted by molar-refractivity contribution is 9.10. The van der Waals surface area contributed by atoms with E-state index in [0.717, 1.165) is 22.5 Å². The SMILES string of the molecule is Cc1cc(N(C)Cc2ccccn2)ncc1Br. The summed E-state index contributed by atoms with van der Waals surface area (Å²) < 4.78 is 1.03. The number of anilines is 1. The Balaban J connectivity index is 2.14. The summed E-state index contributed by atoms with van der Waals surface area (Å²) in [5.41, 5.74) is 2.22. The molecular formula is C13H14BrN3. The molecule has 0 atom stereocenters. The molecule has 0 aromatic carbocycles. The molecule has 0 saturated heterocycles. The van der Waals surface area contributed by atoms with Crippen LogP contribution in [0.4, 0.5) is 5.82 Å². The van der Waals surface area contributed by atoms with E-state index in [1.807, 2.05) is 37.6 Å². The molecule has 3 nitrogen and oxygen atoms in total. The molecular weight excluding hydrogens is 278 g/mol. The van der Waals surface area contributed by atoms with Crippen LogP contribution in [0, 0.1) is 6.92 Å². The minimum absolute atomic E-state index is 0.759. The van der Waals surface area contributed by atoms with Crippen LogP contribution < -0.4 is 4.90 Å². The highest BCUT2D eigenvalue weighted by atomic mass is 79.9. The van der Waals surface area contributed by atoms with Crippen molar-refractivity contribution in [2.75, 3.05) is 11.9 Å². The molecule has 0 spiro atoms. The van der Waals surface area contributed by atoms with Gasteiger partial charge in [-0.15, -0.1) is 0 Å². The van der Waals surface area contributed by atoms with Crippen LogP contribution in [0.2, 0.25) is 0 Å². The minimum atomic E-state index is 0.759. The van der Waals surface area contributed by atoms with Gasteiger partial charge in [-0.05, 0) is 46.6 Å². The Hall–Kier alpha value is -1.42. The van der Waals surface area contributed by atoms with Gasteiger partial charge in [0.25, 0.3) is 0 Å². The van der Waals surface area contributed by atoms with Gasteiger partial charge in [-0.25, -0.2) is 4.98 Å². The van der Waals surface area contributed by atoms with Crippen molar-refractivity contribution in [3.8, 4) is 0 Å². The molecule has 0 amide bonds. The van der Waals surface area contributed by atoms with E-state index in [0.29, 0.717) is 0 Å². The van der Waals surface area contributed by atoms with Crippen LogP contribution in [-0.4, -0.2) is 17.0 Å². The highest BCUT2D eigenvalue weighted by Crippen LogP contribution is 2.19. The molecule has 0 fully saturated rings. The first-order valence-corrected chi connectivity index (χ1v) is 6.19. The summed E-state index contributed by atoms with van der Waals surface area (Å²) in [5.74, 6) is 0.955. The molecule has 0 aliphatic rings. The summed E-state index contributed by atoms with van der Waals surface area (Å²) in [6.45, 7) is 2.82. The first kappa shape index (κ1) is 12.0. The van der Waals surface area contributed by atoms with Gasteiger partial charge in [-0.3, -0.25) is 4.98 Å². The maximum absolute atomic E-state index is 4.39. The largest absolute Gasteiger partial charge is 0.354 e. The summed E-state index contributed by atoms with van der Waals surface area (Å²) in [7, 11) is 2.02. The number of hydrogen-bond donors (Lipinski definition) is 0. The zero-order chi connectivity index (χ0) is 12.3. The second kappa shape index (κ2) is 5.27. The van der Waals surface area contributed by atoms with E-state index >= 15 is 0 Å². The van der Waals surface area contributed by atoms with Crippen molar-refractivity contribution in [2.45, 2.75) is 13.5 Å². The quantitative estimate of drug-likeness (QED) is 0.870. The fourth-order valence-corrected chi connectivity index (χ4v) is 1.77. The summed E-state index contributed by atoms with van der Waals surface area (Å²) in [4.78, 5) is 10.8. The van der Waals surface area contributed by atoms with Crippen molar-refractivity contribution in [1.29, 1.82) is 0 Å². The normalized spacial score (nSPS) is 10.3. The number of aromatic nitrogens is 2. The van der Waals surface area contributed by atoms with Gasteiger partial charge in [-0.1, -0.05) is 6.07 Å². The van der Waals surface area contributed by atoms with Crippen LogP contribution in [0.3, 0.4) is 0 Å². The summed E-state index contributed by atoms with van der Waals surface area (Å²) in [6.07, 6.45) is 3.64. The van der Waals surface area contributed by atoms with Crippen molar-refractivity contribution in [3.05, 3.63) is 52.4 Å². The molecule has 0 saturated carbocycles. The fraction of sp³-hybridized carbons (Fsp3) is 0.231. The summed E-state index contributed by atoms with van der Waals surface area (Å²) in [5, 5.41) is 0. The molecule has 0 N–H and O–H groups in total. The maximum atomic E-state index is 4.39. The molecule has 88 valence electrons. The van der Waals surface area contributed by atoms with Crippen LogP contribution in [0.15, 0.2) is 41.1 Å². The number of hydrogen-bond acceptors (Lipinski definition) is 3. The lowest BCUT2D eigenvalue weighted by Gasteiger charge is -2.18. The fourth-order valence-electron chi connectivity index (χ4n) is 1.55. The van der Waals surface area contributed by atoms with Crippen molar-refractivity contribution in [3.63, 3.8) is 0 Å². The van der Waals surface area contributed by atoms with Gasteiger partial charge in [0.15, 0.2) is 0 Å². The molecule has 2 aromatic heterocycles. The Bertz CT molecular complexity index is 499. The lowest BCUT2D eigenvalue weighted by Crippen LogP contribution is -2.18. The first-order chi connectivity index (χ1) is 8.16. The molecule has 17 heavy (non-hydrogen) atoms. The molecule has 0 radical (unpaired) electrons. The van der Waals surface area contributed by atoms with Gasteiger partial charge in [0, 0.05) is 23.9 Å². The van der Waals surface area contributed by atoms with Crippen LogP contribution in [0.25, 0.3) is 0 Å². The van der Waals surface area contributed by atoms with Crippen LogP contribution in [0.1, 0.15) is 11.3 Å². The Morgan fingerprint density at radius 1 is 1.29 bits per heavy atom. The third-order valence-corrected chi connectivity index (χ3v) is 3.38. The summed E-state index contributed by atoms with van der Waals surface area (Å²) >= 11 is 3.45. The predicted octanol–water partition coefficient (Wildman–Crippen LogP) is 3.18.